The third kappa shape index (κ3) is 3.91. The minimum absolute atomic E-state index is 0.106. The van der Waals surface area contributed by atoms with E-state index < -0.39 is 0 Å². The molecule has 8 heteroatoms. The minimum Gasteiger partial charge on any atom is -0.497 e. The summed E-state index contributed by atoms with van der Waals surface area (Å²) in [5.74, 6) is 1.95. The lowest BCUT2D eigenvalue weighted by Gasteiger charge is -2.12. The second kappa shape index (κ2) is 8.09. The van der Waals surface area contributed by atoms with Crippen molar-refractivity contribution in [1.82, 2.24) is 14.8 Å². The second-order valence-electron chi connectivity index (χ2n) is 5.51. The van der Waals surface area contributed by atoms with Crippen LogP contribution >= 0.6 is 11.8 Å². The minimum atomic E-state index is -0.337. The summed E-state index contributed by atoms with van der Waals surface area (Å²) in [4.78, 5) is 12.5. The predicted octanol–water partition coefficient (Wildman–Crippen LogP) is 3.69. The lowest BCUT2D eigenvalue weighted by Crippen LogP contribution is -2.22. The van der Waals surface area contributed by atoms with Crippen molar-refractivity contribution in [2.24, 2.45) is 0 Å². The maximum atomic E-state index is 12.5. The fourth-order valence-corrected chi connectivity index (χ4v) is 3.29. The lowest BCUT2D eigenvalue weighted by molar-refractivity contribution is -0.115. The van der Waals surface area contributed by atoms with Crippen LogP contribution in [-0.2, 0) is 11.3 Å². The number of carbonyl (C=O) groups excluding carboxylic acids is 1. The van der Waals surface area contributed by atoms with Crippen molar-refractivity contribution >= 4 is 23.4 Å². The Labute approximate surface area is 155 Å². The molecule has 3 rings (SSSR count). The number of nitrogens with one attached hydrogen (secondary N) is 1. The first kappa shape index (κ1) is 18.1. The van der Waals surface area contributed by atoms with Crippen LogP contribution in [0.1, 0.15) is 13.8 Å². The molecule has 0 unspecified atom stereocenters. The number of nitrogens with zero attached hydrogens (tertiary/aromatic N) is 3. The number of anilines is 1. The van der Waals surface area contributed by atoms with Crippen LogP contribution in [0.2, 0.25) is 0 Å². The molecule has 2 aromatic heterocycles. The molecule has 0 fully saturated rings. The zero-order valence-corrected chi connectivity index (χ0v) is 15.6. The van der Waals surface area contributed by atoms with Crippen molar-refractivity contribution < 1.29 is 13.9 Å². The first-order chi connectivity index (χ1) is 12.6. The second-order valence-corrected chi connectivity index (χ2v) is 6.81. The van der Waals surface area contributed by atoms with E-state index in [2.05, 4.69) is 15.5 Å². The average molecular weight is 372 g/mol. The van der Waals surface area contributed by atoms with Gasteiger partial charge in [0.25, 0.3) is 0 Å². The highest BCUT2D eigenvalue weighted by molar-refractivity contribution is 8.00. The van der Waals surface area contributed by atoms with Gasteiger partial charge in [0.2, 0.25) is 5.91 Å². The molecular weight excluding hydrogens is 352 g/mol. The molecule has 0 radical (unpaired) electrons. The standard InChI is InChI=1S/C18H20N4O3S/c1-4-22-16(15-6-5-11-25-15)20-21-18(22)26-12(2)17(23)19-13-7-9-14(24-3)10-8-13/h5-12H,4H2,1-3H3,(H,19,23)/t12-/m1/s1. The Morgan fingerprint density at radius 3 is 2.69 bits per heavy atom. The summed E-state index contributed by atoms with van der Waals surface area (Å²) >= 11 is 1.36. The Balaban J connectivity index is 1.69. The normalized spacial score (nSPS) is 12.0. The summed E-state index contributed by atoms with van der Waals surface area (Å²) in [6.45, 7) is 4.52. The molecule has 1 aromatic carbocycles. The van der Waals surface area contributed by atoms with Gasteiger partial charge in [-0.3, -0.25) is 9.36 Å². The monoisotopic (exact) mass is 372 g/mol. The van der Waals surface area contributed by atoms with Crippen LogP contribution in [0.4, 0.5) is 5.69 Å². The highest BCUT2D eigenvalue weighted by atomic mass is 32.2. The lowest BCUT2D eigenvalue weighted by atomic mass is 10.3. The molecule has 0 saturated heterocycles. The van der Waals surface area contributed by atoms with E-state index in [1.54, 1.807) is 37.6 Å². The summed E-state index contributed by atoms with van der Waals surface area (Å²) in [6, 6.07) is 10.9. The van der Waals surface area contributed by atoms with E-state index in [1.807, 2.05) is 30.5 Å². The van der Waals surface area contributed by atoms with Gasteiger partial charge in [0.15, 0.2) is 16.7 Å². The smallest absolute Gasteiger partial charge is 0.237 e. The van der Waals surface area contributed by atoms with Gasteiger partial charge in [-0.05, 0) is 50.2 Å². The van der Waals surface area contributed by atoms with Gasteiger partial charge in [-0.2, -0.15) is 0 Å². The molecule has 0 aliphatic carbocycles. The molecule has 0 spiro atoms. The van der Waals surface area contributed by atoms with Gasteiger partial charge in [-0.25, -0.2) is 0 Å². The number of methoxy groups -OCH3 is 1. The predicted molar refractivity (Wildman–Crippen MR) is 100 cm³/mol. The quantitative estimate of drug-likeness (QED) is 0.637. The molecule has 3 aromatic rings. The van der Waals surface area contributed by atoms with Gasteiger partial charge in [0.1, 0.15) is 5.75 Å². The number of amides is 1. The van der Waals surface area contributed by atoms with Gasteiger partial charge in [-0.1, -0.05) is 11.8 Å². The Hall–Kier alpha value is -2.74. The summed E-state index contributed by atoms with van der Waals surface area (Å²) in [7, 11) is 1.60. The van der Waals surface area contributed by atoms with Gasteiger partial charge in [0.05, 0.1) is 18.6 Å². The molecule has 1 N–H and O–H groups in total. The van der Waals surface area contributed by atoms with Gasteiger partial charge < -0.3 is 14.5 Å². The fourth-order valence-electron chi connectivity index (χ4n) is 2.38. The maximum absolute atomic E-state index is 12.5. The van der Waals surface area contributed by atoms with E-state index in [1.165, 1.54) is 11.8 Å². The van der Waals surface area contributed by atoms with Crippen molar-refractivity contribution in [1.29, 1.82) is 0 Å². The van der Waals surface area contributed by atoms with Crippen molar-refractivity contribution in [2.45, 2.75) is 30.8 Å². The molecule has 7 nitrogen and oxygen atoms in total. The number of furan rings is 1. The molecule has 2 heterocycles. The number of rotatable bonds is 7. The average Bonchev–Trinajstić information content (AvgIpc) is 3.31. The molecule has 1 amide bonds. The number of hydrogen-bond acceptors (Lipinski definition) is 6. The van der Waals surface area contributed by atoms with Crippen molar-refractivity contribution in [3.05, 3.63) is 42.7 Å². The zero-order chi connectivity index (χ0) is 18.5. The third-order valence-electron chi connectivity index (χ3n) is 3.78. The Morgan fingerprint density at radius 2 is 2.08 bits per heavy atom. The first-order valence-corrected chi connectivity index (χ1v) is 9.09. The van der Waals surface area contributed by atoms with Crippen LogP contribution in [0.5, 0.6) is 5.75 Å². The van der Waals surface area contributed by atoms with Crippen molar-refractivity contribution in [3.63, 3.8) is 0 Å². The highest BCUT2D eigenvalue weighted by Gasteiger charge is 2.21. The van der Waals surface area contributed by atoms with Crippen LogP contribution in [0.15, 0.2) is 52.2 Å². The van der Waals surface area contributed by atoms with E-state index in [0.29, 0.717) is 23.3 Å². The van der Waals surface area contributed by atoms with Gasteiger partial charge in [-0.15, -0.1) is 10.2 Å². The molecule has 0 aliphatic heterocycles. The Bertz CT molecular complexity index is 859. The Kier molecular flexibility index (Phi) is 5.62. The largest absolute Gasteiger partial charge is 0.497 e. The molecule has 1 atom stereocenters. The van der Waals surface area contributed by atoms with Gasteiger partial charge >= 0.3 is 0 Å². The van der Waals surface area contributed by atoms with Crippen LogP contribution in [-0.4, -0.2) is 33.0 Å². The van der Waals surface area contributed by atoms with Crippen LogP contribution in [0.25, 0.3) is 11.6 Å². The Morgan fingerprint density at radius 1 is 1.31 bits per heavy atom. The van der Waals surface area contributed by atoms with Crippen LogP contribution < -0.4 is 10.1 Å². The van der Waals surface area contributed by atoms with E-state index in [9.17, 15) is 4.79 Å². The number of aromatic nitrogens is 3. The third-order valence-corrected chi connectivity index (χ3v) is 4.86. The van der Waals surface area contributed by atoms with Crippen LogP contribution in [0, 0.1) is 0 Å². The summed E-state index contributed by atoms with van der Waals surface area (Å²) in [5.41, 5.74) is 0.719. The first-order valence-electron chi connectivity index (χ1n) is 8.21. The summed E-state index contributed by atoms with van der Waals surface area (Å²) in [5, 5.41) is 11.6. The summed E-state index contributed by atoms with van der Waals surface area (Å²) in [6.07, 6.45) is 1.60. The number of hydrogen-bond donors (Lipinski definition) is 1. The van der Waals surface area contributed by atoms with E-state index in [-0.39, 0.29) is 11.2 Å². The van der Waals surface area contributed by atoms with E-state index in [4.69, 9.17) is 9.15 Å². The number of carbonyl (C=O) groups is 1. The van der Waals surface area contributed by atoms with E-state index in [0.717, 1.165) is 11.4 Å². The fraction of sp³-hybridized carbons (Fsp3) is 0.278. The zero-order valence-electron chi connectivity index (χ0n) is 14.8. The van der Waals surface area contributed by atoms with Crippen LogP contribution in [0.3, 0.4) is 0 Å². The topological polar surface area (TPSA) is 82.2 Å². The maximum Gasteiger partial charge on any atom is 0.237 e. The highest BCUT2D eigenvalue weighted by Crippen LogP contribution is 2.27. The van der Waals surface area contributed by atoms with Crippen molar-refractivity contribution in [2.75, 3.05) is 12.4 Å². The van der Waals surface area contributed by atoms with Gasteiger partial charge in [0, 0.05) is 12.2 Å². The SMILES string of the molecule is CCn1c(S[C@H](C)C(=O)Nc2ccc(OC)cc2)nnc1-c1ccco1. The molecule has 0 saturated carbocycles. The number of ether oxygens (including phenoxy) is 1. The van der Waals surface area contributed by atoms with Crippen molar-refractivity contribution in [3.8, 4) is 17.3 Å². The number of benzene rings is 1. The molecule has 0 aliphatic rings. The molecular formula is C18H20N4O3S. The summed E-state index contributed by atoms with van der Waals surface area (Å²) < 4.78 is 12.5. The molecule has 136 valence electrons. The molecule has 0 bridgehead atoms. The van der Waals surface area contributed by atoms with E-state index >= 15 is 0 Å². The number of thioether (sulfide) groups is 1. The molecule has 26 heavy (non-hydrogen) atoms.